The van der Waals surface area contributed by atoms with Gasteiger partial charge in [-0.1, -0.05) is 12.1 Å². The number of nitrogens with one attached hydrogen (secondary N) is 2. The lowest BCUT2D eigenvalue weighted by Crippen LogP contribution is -2.50. The minimum Gasteiger partial charge on any atom is -0.455 e. The molecule has 1 fully saturated rings. The van der Waals surface area contributed by atoms with Crippen molar-refractivity contribution < 1.29 is 31.2 Å². The second kappa shape index (κ2) is 11.8. The molecule has 0 bridgehead atoms. The highest BCUT2D eigenvalue weighted by Crippen LogP contribution is 2.42. The van der Waals surface area contributed by atoms with E-state index in [4.69, 9.17) is 4.42 Å². The van der Waals surface area contributed by atoms with E-state index in [1.165, 1.54) is 37.4 Å². The lowest BCUT2D eigenvalue weighted by Gasteiger charge is -2.39. The van der Waals surface area contributed by atoms with Crippen LogP contribution in [0.15, 0.2) is 65.1 Å². The molecule has 1 heterocycles. The summed E-state index contributed by atoms with van der Waals surface area (Å²) in [5.74, 6) is -1.00. The molecule has 0 atom stereocenters. The molecule has 0 spiro atoms. The van der Waals surface area contributed by atoms with Gasteiger partial charge in [-0.3, -0.25) is 18.3 Å². The third-order valence-electron chi connectivity index (χ3n) is 7.84. The summed E-state index contributed by atoms with van der Waals surface area (Å²) in [7, 11) is -2.42. The van der Waals surface area contributed by atoms with E-state index in [2.05, 4.69) is 10.6 Å². The highest BCUT2D eigenvalue weighted by atomic mass is 32.2. The third-order valence-corrected chi connectivity index (χ3v) is 9.02. The smallest absolute Gasteiger partial charge is 0.255 e. The molecule has 3 aromatic carbocycles. The molecule has 0 unspecified atom stereocenters. The first kappa shape index (κ1) is 30.2. The number of carbonyl (C=O) groups excluding carboxylic acids is 2. The van der Waals surface area contributed by atoms with Gasteiger partial charge in [-0.05, 0) is 80.6 Å². The number of benzene rings is 3. The van der Waals surface area contributed by atoms with Gasteiger partial charge in [0, 0.05) is 47.3 Å². The minimum absolute atomic E-state index is 0.0476. The van der Waals surface area contributed by atoms with E-state index in [9.17, 15) is 26.8 Å². The number of anilines is 1. The van der Waals surface area contributed by atoms with Crippen LogP contribution in [-0.4, -0.2) is 52.3 Å². The first-order chi connectivity index (χ1) is 20.4. The molecular weight excluding hydrogens is 576 g/mol. The maximum atomic E-state index is 13.7. The van der Waals surface area contributed by atoms with Gasteiger partial charge in [-0.2, -0.15) is 0 Å². The molecule has 5 rings (SSSR count). The van der Waals surface area contributed by atoms with E-state index >= 15 is 0 Å². The van der Waals surface area contributed by atoms with Crippen molar-refractivity contribution in [1.29, 1.82) is 0 Å². The monoisotopic (exact) mass is 609 g/mol. The molecule has 8 nitrogen and oxygen atoms in total. The van der Waals surface area contributed by atoms with Gasteiger partial charge in [-0.25, -0.2) is 12.8 Å². The number of fused-ring (bicyclic) bond motifs is 1. The Hall–Kier alpha value is -4.25. The maximum Gasteiger partial charge on any atom is 0.255 e. The Morgan fingerprint density at radius 2 is 1.74 bits per heavy atom. The van der Waals surface area contributed by atoms with E-state index in [1.54, 1.807) is 30.3 Å². The van der Waals surface area contributed by atoms with Crippen LogP contribution in [0.5, 0.6) is 0 Å². The summed E-state index contributed by atoms with van der Waals surface area (Å²) < 4.78 is 60.3. The van der Waals surface area contributed by atoms with Crippen molar-refractivity contribution in [2.75, 3.05) is 30.8 Å². The number of sulfonamides is 1. The summed E-state index contributed by atoms with van der Waals surface area (Å²) in [4.78, 5) is 26.4. The van der Waals surface area contributed by atoms with Gasteiger partial charge in [0.15, 0.2) is 0 Å². The van der Waals surface area contributed by atoms with Crippen molar-refractivity contribution in [2.24, 2.45) is 0 Å². The molecule has 0 saturated heterocycles. The second-order valence-electron chi connectivity index (χ2n) is 11.1. The van der Waals surface area contributed by atoms with Crippen LogP contribution in [0.4, 0.5) is 14.5 Å². The van der Waals surface area contributed by atoms with Crippen molar-refractivity contribution in [3.05, 3.63) is 77.6 Å². The molecule has 1 aliphatic carbocycles. The van der Waals surface area contributed by atoms with Crippen LogP contribution in [0.1, 0.15) is 53.3 Å². The zero-order chi connectivity index (χ0) is 30.9. The first-order valence-electron chi connectivity index (χ1n) is 14.0. The van der Waals surface area contributed by atoms with Crippen molar-refractivity contribution in [3.8, 4) is 22.5 Å². The summed E-state index contributed by atoms with van der Waals surface area (Å²) in [5.41, 5.74) is 2.07. The summed E-state index contributed by atoms with van der Waals surface area (Å²) in [6.07, 6.45) is 3.80. The molecule has 1 aromatic heterocycles. The summed E-state index contributed by atoms with van der Waals surface area (Å²) in [5, 5.41) is 6.08. The predicted octanol–water partition coefficient (Wildman–Crippen LogP) is 6.06. The number of rotatable bonds is 10. The summed E-state index contributed by atoms with van der Waals surface area (Å²) in [6, 6.07) is 15.4. The highest BCUT2D eigenvalue weighted by molar-refractivity contribution is 7.92. The normalized spacial score (nSPS) is 14.3. The molecule has 4 aromatic rings. The van der Waals surface area contributed by atoms with Crippen molar-refractivity contribution >= 4 is 38.5 Å². The number of carbonyl (C=O) groups is 2. The average Bonchev–Trinajstić information content (AvgIpc) is 3.33. The van der Waals surface area contributed by atoms with Crippen molar-refractivity contribution in [3.63, 3.8) is 0 Å². The quantitative estimate of drug-likeness (QED) is 0.227. The van der Waals surface area contributed by atoms with Gasteiger partial charge in [-0.15, -0.1) is 0 Å². The van der Waals surface area contributed by atoms with Gasteiger partial charge < -0.3 is 15.1 Å². The van der Waals surface area contributed by atoms with E-state index < -0.39 is 28.4 Å². The van der Waals surface area contributed by atoms with E-state index in [-0.39, 0.29) is 47.0 Å². The van der Waals surface area contributed by atoms with Gasteiger partial charge in [0.2, 0.25) is 10.0 Å². The largest absolute Gasteiger partial charge is 0.455 e. The molecule has 2 amide bonds. The third kappa shape index (κ3) is 6.13. The number of alkyl halides is 1. The van der Waals surface area contributed by atoms with Gasteiger partial charge in [0.25, 0.3) is 11.8 Å². The zero-order valence-corrected chi connectivity index (χ0v) is 25.0. The number of furan rings is 1. The lowest BCUT2D eigenvalue weighted by molar-refractivity contribution is 0.0849. The Labute approximate surface area is 249 Å². The Morgan fingerprint density at radius 1 is 1.02 bits per heavy atom. The summed E-state index contributed by atoms with van der Waals surface area (Å²) >= 11 is 0. The van der Waals surface area contributed by atoms with Crippen LogP contribution in [0.25, 0.3) is 33.4 Å². The second-order valence-corrected chi connectivity index (χ2v) is 13.0. The maximum absolute atomic E-state index is 13.7. The minimum atomic E-state index is -3.89. The zero-order valence-electron chi connectivity index (χ0n) is 24.2. The number of amides is 2. The molecular formula is C32H33F2N3O5S. The fourth-order valence-electron chi connectivity index (χ4n) is 5.40. The van der Waals surface area contributed by atoms with Crippen molar-refractivity contribution in [2.45, 2.75) is 38.1 Å². The Kier molecular flexibility index (Phi) is 8.29. The SMILES string of the molecule is CNC(=O)c1c(-c2ccc(F)cc2)oc2cc(N(CCCF)S(C)(=O)=O)c(-c3cccc(C(=O)NC4(C)CCC4)c3)cc12. The Bertz CT molecular complexity index is 1800. The molecule has 0 radical (unpaired) electrons. The number of hydrogen-bond acceptors (Lipinski definition) is 5. The molecule has 1 saturated carbocycles. The average molecular weight is 610 g/mol. The molecule has 0 aliphatic heterocycles. The number of nitrogens with zero attached hydrogens (tertiary/aromatic N) is 1. The van der Waals surface area contributed by atoms with Crippen molar-refractivity contribution in [1.82, 2.24) is 10.6 Å². The van der Waals surface area contributed by atoms with Crippen LogP contribution < -0.4 is 14.9 Å². The van der Waals surface area contributed by atoms with E-state index in [0.717, 1.165) is 29.8 Å². The molecule has 11 heteroatoms. The topological polar surface area (TPSA) is 109 Å². The Morgan fingerprint density at radius 3 is 2.35 bits per heavy atom. The standard InChI is InChI=1S/C32H33F2N3O5S/c1-32(13-5-14-32)36-30(38)22-8-4-7-21(17-22)24-18-25-27(19-26(24)37(16-6-15-33)43(3,40)41)42-29(28(25)31(39)35-2)20-9-11-23(34)12-10-20/h4,7-12,17-19H,5-6,13-16H2,1-3H3,(H,35,39)(H,36,38). The summed E-state index contributed by atoms with van der Waals surface area (Å²) in [6.45, 7) is 1.13. The highest BCUT2D eigenvalue weighted by Gasteiger charge is 2.33. The molecule has 2 N–H and O–H groups in total. The van der Waals surface area contributed by atoms with Gasteiger partial charge in [0.1, 0.15) is 17.2 Å². The molecule has 1 aliphatic rings. The van der Waals surface area contributed by atoms with Gasteiger partial charge in [0.05, 0.1) is 24.2 Å². The fourth-order valence-corrected chi connectivity index (χ4v) is 6.37. The lowest BCUT2D eigenvalue weighted by atomic mass is 9.78. The molecule has 226 valence electrons. The van der Waals surface area contributed by atoms with Crippen LogP contribution >= 0.6 is 0 Å². The van der Waals surface area contributed by atoms with Gasteiger partial charge >= 0.3 is 0 Å². The van der Waals surface area contributed by atoms with Crippen LogP contribution in [0.3, 0.4) is 0 Å². The Balaban J connectivity index is 1.75. The first-order valence-corrected chi connectivity index (χ1v) is 15.8. The predicted molar refractivity (Wildman–Crippen MR) is 163 cm³/mol. The number of halogens is 2. The van der Waals surface area contributed by atoms with Crippen LogP contribution in [-0.2, 0) is 10.0 Å². The number of hydrogen-bond donors (Lipinski definition) is 2. The van der Waals surface area contributed by atoms with Crippen LogP contribution in [0, 0.1) is 5.82 Å². The van der Waals surface area contributed by atoms with Crippen LogP contribution in [0.2, 0.25) is 0 Å². The fraction of sp³-hybridized carbons (Fsp3) is 0.312. The van der Waals surface area contributed by atoms with E-state index in [0.29, 0.717) is 27.6 Å². The van der Waals surface area contributed by atoms with E-state index in [1.807, 2.05) is 6.92 Å². The molecule has 43 heavy (non-hydrogen) atoms.